The number of nitrogens with zero attached hydrogens (tertiary/aromatic N) is 2. The Morgan fingerprint density at radius 3 is 2.50 bits per heavy atom. The highest BCUT2D eigenvalue weighted by molar-refractivity contribution is 7.16. The van der Waals surface area contributed by atoms with Crippen LogP contribution in [-0.2, 0) is 20.9 Å². The minimum atomic E-state index is -0.526. The van der Waals surface area contributed by atoms with E-state index in [1.165, 1.54) is 23.0 Å². The molecule has 0 aliphatic heterocycles. The van der Waals surface area contributed by atoms with E-state index in [-0.39, 0.29) is 18.0 Å². The fourth-order valence-corrected chi connectivity index (χ4v) is 4.32. The molecule has 3 rings (SSSR count). The van der Waals surface area contributed by atoms with Gasteiger partial charge in [0.1, 0.15) is 12.3 Å². The van der Waals surface area contributed by atoms with E-state index in [2.05, 4.69) is 4.99 Å². The Labute approximate surface area is 178 Å². The normalized spacial score (nSPS) is 11.6. The number of aromatic nitrogens is 1. The van der Waals surface area contributed by atoms with Crippen LogP contribution in [0.5, 0.6) is 5.75 Å². The molecule has 28 heavy (non-hydrogen) atoms. The van der Waals surface area contributed by atoms with Crippen molar-refractivity contribution in [3.63, 3.8) is 0 Å². The molecule has 0 aliphatic rings. The van der Waals surface area contributed by atoms with Gasteiger partial charge in [-0.25, -0.2) is 0 Å². The standard InChI is InChI=1S/C18H13Cl3N2O4S/c1-26-16(25)8-23-17-13(21)6-11(20)7-14(17)28-18(23)22-15(24)9-27-12-4-2-10(19)3-5-12/h2-7H,8-9H2,1H3. The monoisotopic (exact) mass is 458 g/mol. The smallest absolute Gasteiger partial charge is 0.325 e. The summed E-state index contributed by atoms with van der Waals surface area (Å²) in [5, 5.41) is 1.34. The Balaban J connectivity index is 1.94. The van der Waals surface area contributed by atoms with Crippen molar-refractivity contribution in [1.29, 1.82) is 0 Å². The van der Waals surface area contributed by atoms with Crippen LogP contribution in [-0.4, -0.2) is 30.2 Å². The summed E-state index contributed by atoms with van der Waals surface area (Å²) in [6, 6.07) is 9.85. The summed E-state index contributed by atoms with van der Waals surface area (Å²) < 4.78 is 12.3. The predicted molar refractivity (Wildman–Crippen MR) is 109 cm³/mol. The predicted octanol–water partition coefficient (Wildman–Crippen LogP) is 4.34. The number of hydrogen-bond acceptors (Lipinski definition) is 5. The van der Waals surface area contributed by atoms with Gasteiger partial charge in [-0.1, -0.05) is 46.1 Å². The maximum Gasteiger partial charge on any atom is 0.325 e. The third-order valence-electron chi connectivity index (χ3n) is 3.61. The summed E-state index contributed by atoms with van der Waals surface area (Å²) in [5.74, 6) is -0.541. The third-order valence-corrected chi connectivity index (χ3v) is 5.39. The fraction of sp³-hybridized carbons (Fsp3) is 0.167. The molecule has 1 aromatic heterocycles. The molecule has 3 aromatic rings. The zero-order valence-corrected chi connectivity index (χ0v) is 17.5. The van der Waals surface area contributed by atoms with Crippen LogP contribution in [0.25, 0.3) is 10.2 Å². The minimum absolute atomic E-state index is 0.151. The van der Waals surface area contributed by atoms with Crippen LogP contribution in [0.2, 0.25) is 15.1 Å². The van der Waals surface area contributed by atoms with Crippen LogP contribution < -0.4 is 9.54 Å². The Hall–Kier alpha value is -2.06. The number of hydrogen-bond donors (Lipinski definition) is 0. The molecule has 0 radical (unpaired) electrons. The van der Waals surface area contributed by atoms with Gasteiger partial charge in [0.15, 0.2) is 11.4 Å². The van der Waals surface area contributed by atoms with Crippen LogP contribution in [0.3, 0.4) is 0 Å². The number of esters is 1. The Morgan fingerprint density at radius 1 is 1.11 bits per heavy atom. The van der Waals surface area contributed by atoms with Gasteiger partial charge in [-0.05, 0) is 36.4 Å². The van der Waals surface area contributed by atoms with Crippen LogP contribution in [0.1, 0.15) is 0 Å². The molecule has 0 atom stereocenters. The number of amides is 1. The van der Waals surface area contributed by atoms with Gasteiger partial charge in [-0.2, -0.15) is 4.99 Å². The molecular formula is C18H13Cl3N2O4S. The van der Waals surface area contributed by atoms with Crippen molar-refractivity contribution < 1.29 is 19.1 Å². The van der Waals surface area contributed by atoms with Gasteiger partial charge < -0.3 is 14.0 Å². The molecule has 0 spiro atoms. The van der Waals surface area contributed by atoms with Crippen molar-refractivity contribution in [3.8, 4) is 5.75 Å². The quantitative estimate of drug-likeness (QED) is 0.532. The van der Waals surface area contributed by atoms with E-state index in [0.717, 1.165) is 0 Å². The van der Waals surface area contributed by atoms with Crippen molar-refractivity contribution in [2.75, 3.05) is 13.7 Å². The molecule has 146 valence electrons. The molecule has 0 bridgehead atoms. The second-order valence-corrected chi connectivity index (χ2v) is 7.82. The molecule has 10 heteroatoms. The lowest BCUT2D eigenvalue weighted by Crippen LogP contribution is -2.23. The average Bonchev–Trinajstić information content (AvgIpc) is 2.98. The Morgan fingerprint density at radius 2 is 1.82 bits per heavy atom. The number of fused-ring (bicyclic) bond motifs is 1. The van der Waals surface area contributed by atoms with Gasteiger partial charge in [-0.3, -0.25) is 9.59 Å². The van der Waals surface area contributed by atoms with Crippen LogP contribution in [0.4, 0.5) is 0 Å². The van der Waals surface area contributed by atoms with Crippen LogP contribution in [0.15, 0.2) is 41.4 Å². The highest BCUT2D eigenvalue weighted by Gasteiger charge is 2.15. The second-order valence-electron chi connectivity index (χ2n) is 5.53. The molecule has 0 fully saturated rings. The highest BCUT2D eigenvalue weighted by Crippen LogP contribution is 2.29. The maximum atomic E-state index is 12.3. The average molecular weight is 460 g/mol. The number of thiazole rings is 1. The van der Waals surface area contributed by atoms with Gasteiger partial charge in [0.05, 0.1) is 22.3 Å². The first-order valence-corrected chi connectivity index (χ1v) is 9.83. The summed E-state index contributed by atoms with van der Waals surface area (Å²) in [6.07, 6.45) is 0. The molecule has 0 N–H and O–H groups in total. The van der Waals surface area contributed by atoms with E-state index in [1.807, 2.05) is 0 Å². The zero-order chi connectivity index (χ0) is 20.3. The fourth-order valence-electron chi connectivity index (χ4n) is 2.37. The molecular weight excluding hydrogens is 447 g/mol. The molecule has 6 nitrogen and oxygen atoms in total. The minimum Gasteiger partial charge on any atom is -0.484 e. The molecule has 1 heterocycles. The summed E-state index contributed by atoms with van der Waals surface area (Å²) in [5.41, 5.74) is 0.548. The number of carbonyl (C=O) groups is 2. The van der Waals surface area contributed by atoms with E-state index in [0.29, 0.717) is 31.0 Å². The van der Waals surface area contributed by atoms with Gasteiger partial charge in [0.2, 0.25) is 0 Å². The van der Waals surface area contributed by atoms with Gasteiger partial charge in [0.25, 0.3) is 5.91 Å². The lowest BCUT2D eigenvalue weighted by molar-refractivity contribution is -0.141. The summed E-state index contributed by atoms with van der Waals surface area (Å²) in [6.45, 7) is -0.426. The largest absolute Gasteiger partial charge is 0.484 e. The molecule has 0 saturated carbocycles. The summed E-state index contributed by atoms with van der Waals surface area (Å²) >= 11 is 19.3. The van der Waals surface area contributed by atoms with Crippen LogP contribution >= 0.6 is 46.1 Å². The first-order chi connectivity index (χ1) is 13.4. The SMILES string of the molecule is COC(=O)Cn1c(=NC(=O)COc2ccc(Cl)cc2)sc2cc(Cl)cc(Cl)c21. The third kappa shape index (κ3) is 4.86. The number of carbonyl (C=O) groups excluding carboxylic acids is 2. The van der Waals surface area contributed by atoms with E-state index in [1.54, 1.807) is 36.4 Å². The maximum absolute atomic E-state index is 12.3. The second kappa shape index (κ2) is 8.96. The van der Waals surface area contributed by atoms with E-state index < -0.39 is 11.9 Å². The molecule has 2 aromatic carbocycles. The summed E-state index contributed by atoms with van der Waals surface area (Å²) in [4.78, 5) is 28.5. The lowest BCUT2D eigenvalue weighted by Gasteiger charge is -2.05. The van der Waals surface area contributed by atoms with Gasteiger partial charge in [-0.15, -0.1) is 0 Å². The van der Waals surface area contributed by atoms with Crippen LogP contribution in [0, 0.1) is 0 Å². The van der Waals surface area contributed by atoms with Crippen molar-refractivity contribution in [2.24, 2.45) is 4.99 Å². The number of methoxy groups -OCH3 is 1. The molecule has 0 saturated heterocycles. The lowest BCUT2D eigenvalue weighted by atomic mass is 10.3. The Bertz CT molecular complexity index is 1110. The van der Waals surface area contributed by atoms with Crippen molar-refractivity contribution in [3.05, 3.63) is 56.3 Å². The van der Waals surface area contributed by atoms with E-state index >= 15 is 0 Å². The first-order valence-electron chi connectivity index (χ1n) is 7.88. The summed E-state index contributed by atoms with van der Waals surface area (Å²) in [7, 11) is 1.28. The van der Waals surface area contributed by atoms with Gasteiger partial charge >= 0.3 is 5.97 Å². The van der Waals surface area contributed by atoms with Crippen molar-refractivity contribution >= 4 is 68.2 Å². The molecule has 0 unspecified atom stereocenters. The topological polar surface area (TPSA) is 69.9 Å². The first kappa shape index (κ1) is 20.7. The number of rotatable bonds is 5. The number of benzene rings is 2. The molecule has 0 aliphatic carbocycles. The van der Waals surface area contributed by atoms with Crippen molar-refractivity contribution in [1.82, 2.24) is 4.57 Å². The number of ether oxygens (including phenoxy) is 2. The number of halogens is 3. The highest BCUT2D eigenvalue weighted by atomic mass is 35.5. The van der Waals surface area contributed by atoms with E-state index in [9.17, 15) is 9.59 Å². The van der Waals surface area contributed by atoms with Gasteiger partial charge in [0, 0.05) is 10.0 Å². The van der Waals surface area contributed by atoms with E-state index in [4.69, 9.17) is 44.3 Å². The zero-order valence-electron chi connectivity index (χ0n) is 14.4. The van der Waals surface area contributed by atoms with Crippen molar-refractivity contribution in [2.45, 2.75) is 6.54 Å². The Kier molecular flexibility index (Phi) is 6.61. The molecule has 1 amide bonds.